The molecule has 0 saturated carbocycles. The Morgan fingerprint density at radius 3 is 2.00 bits per heavy atom. The first kappa shape index (κ1) is 12.8. The third-order valence-corrected chi connectivity index (χ3v) is 3.41. The van der Waals surface area contributed by atoms with E-state index in [1.165, 1.54) is 0 Å². The predicted octanol–water partition coefficient (Wildman–Crippen LogP) is 5.64. The number of rotatable bonds is 2. The van der Waals surface area contributed by atoms with Gasteiger partial charge in [0.05, 0.1) is 0 Å². The number of hydrogen-bond acceptors (Lipinski definition) is 0. The zero-order valence-electron chi connectivity index (χ0n) is 9.18. The average molecular weight is 285 g/mol. The van der Waals surface area contributed by atoms with E-state index in [0.29, 0.717) is 10.0 Å². The van der Waals surface area contributed by atoms with Crippen LogP contribution in [0.15, 0.2) is 42.5 Å². The third-order valence-electron chi connectivity index (χ3n) is 2.61. The van der Waals surface area contributed by atoms with Gasteiger partial charge >= 0.3 is 0 Å². The van der Waals surface area contributed by atoms with Gasteiger partial charge in [-0.15, -0.1) is 0 Å². The molecule has 0 aliphatic carbocycles. The molecule has 17 heavy (non-hydrogen) atoms. The summed E-state index contributed by atoms with van der Waals surface area (Å²) in [6.45, 7) is 2.03. The second-order valence-electron chi connectivity index (χ2n) is 3.76. The van der Waals surface area contributed by atoms with E-state index in [2.05, 4.69) is 0 Å². The van der Waals surface area contributed by atoms with Gasteiger partial charge in [-0.2, -0.15) is 0 Å². The molecule has 0 fully saturated rings. The van der Waals surface area contributed by atoms with Crippen LogP contribution in [0, 0.1) is 5.92 Å². The Morgan fingerprint density at radius 2 is 1.41 bits per heavy atom. The third kappa shape index (κ3) is 2.95. The van der Waals surface area contributed by atoms with Gasteiger partial charge in [-0.3, -0.25) is 0 Å². The molecule has 0 nitrogen and oxygen atoms in total. The second kappa shape index (κ2) is 5.30. The lowest BCUT2D eigenvalue weighted by Crippen LogP contribution is -1.97. The lowest BCUT2D eigenvalue weighted by Gasteiger charge is -2.13. The molecule has 2 aromatic carbocycles. The van der Waals surface area contributed by atoms with Gasteiger partial charge in [-0.05, 0) is 35.4 Å². The summed E-state index contributed by atoms with van der Waals surface area (Å²) in [7, 11) is 0. The number of halogens is 3. The molecule has 3 heteroatoms. The molecule has 0 unspecified atom stereocenters. The minimum Gasteiger partial charge on any atom is -0.0843 e. The summed E-state index contributed by atoms with van der Waals surface area (Å²) in [5.74, 6) is 1.10. The standard InChI is InChI=1S/C14H10Cl3/c1-9(10-2-4-11(15)5-3-10)13-7-6-12(16)8-14(13)17/h2-8H,1H3. The van der Waals surface area contributed by atoms with Crippen molar-refractivity contribution in [2.24, 2.45) is 0 Å². The second-order valence-corrected chi connectivity index (χ2v) is 5.04. The molecule has 0 spiro atoms. The Morgan fingerprint density at radius 1 is 0.824 bits per heavy atom. The quantitative estimate of drug-likeness (QED) is 0.669. The van der Waals surface area contributed by atoms with Crippen LogP contribution in [-0.2, 0) is 0 Å². The van der Waals surface area contributed by atoms with E-state index >= 15 is 0 Å². The van der Waals surface area contributed by atoms with E-state index in [1.54, 1.807) is 6.07 Å². The Labute approximate surface area is 116 Å². The molecular weight excluding hydrogens is 275 g/mol. The van der Waals surface area contributed by atoms with Crippen molar-refractivity contribution in [3.63, 3.8) is 0 Å². The van der Waals surface area contributed by atoms with Crippen LogP contribution >= 0.6 is 34.8 Å². The van der Waals surface area contributed by atoms with Crippen molar-refractivity contribution >= 4 is 34.8 Å². The van der Waals surface area contributed by atoms with Crippen molar-refractivity contribution in [1.82, 2.24) is 0 Å². The maximum Gasteiger partial charge on any atom is 0.0462 e. The van der Waals surface area contributed by atoms with Gasteiger partial charge in [-0.1, -0.05) is 59.9 Å². The summed E-state index contributed by atoms with van der Waals surface area (Å²) in [6.07, 6.45) is 0. The molecule has 0 aromatic heterocycles. The van der Waals surface area contributed by atoms with E-state index in [-0.39, 0.29) is 0 Å². The lowest BCUT2D eigenvalue weighted by atomic mass is 9.93. The lowest BCUT2D eigenvalue weighted by molar-refractivity contribution is 1.19. The van der Waals surface area contributed by atoms with Crippen molar-refractivity contribution in [1.29, 1.82) is 0 Å². The average Bonchev–Trinajstić information content (AvgIpc) is 2.29. The summed E-state index contributed by atoms with van der Waals surface area (Å²) >= 11 is 17.9. The fourth-order valence-corrected chi connectivity index (χ4v) is 2.33. The molecule has 87 valence electrons. The molecule has 0 aliphatic heterocycles. The molecule has 2 aromatic rings. The maximum atomic E-state index is 6.17. The van der Waals surface area contributed by atoms with Crippen molar-refractivity contribution in [3.8, 4) is 0 Å². The summed E-state index contributed by atoms with van der Waals surface area (Å²) < 4.78 is 0. The highest BCUT2D eigenvalue weighted by Gasteiger charge is 2.12. The summed E-state index contributed by atoms with van der Waals surface area (Å²) in [5.41, 5.74) is 2.08. The van der Waals surface area contributed by atoms with E-state index < -0.39 is 0 Å². The van der Waals surface area contributed by atoms with Crippen LogP contribution in [0.4, 0.5) is 0 Å². The van der Waals surface area contributed by atoms with Crippen molar-refractivity contribution in [2.75, 3.05) is 0 Å². The summed E-state index contributed by atoms with van der Waals surface area (Å²) in [5, 5.41) is 2.02. The Hall–Kier alpha value is -0.690. The smallest absolute Gasteiger partial charge is 0.0462 e. The van der Waals surface area contributed by atoms with Gasteiger partial charge in [0.2, 0.25) is 0 Å². The molecule has 1 radical (unpaired) electrons. The minimum absolute atomic E-state index is 0.641. The van der Waals surface area contributed by atoms with E-state index in [0.717, 1.165) is 22.1 Å². The Balaban J connectivity index is 2.36. The highest BCUT2D eigenvalue weighted by Crippen LogP contribution is 2.31. The monoisotopic (exact) mass is 283 g/mol. The van der Waals surface area contributed by atoms with Crippen LogP contribution in [0.1, 0.15) is 18.1 Å². The first-order chi connectivity index (χ1) is 8.08. The number of hydrogen-bond donors (Lipinski definition) is 0. The summed E-state index contributed by atoms with van der Waals surface area (Å²) in [4.78, 5) is 0. The Kier molecular flexibility index (Phi) is 3.98. The van der Waals surface area contributed by atoms with Crippen LogP contribution in [0.2, 0.25) is 15.1 Å². The highest BCUT2D eigenvalue weighted by atomic mass is 35.5. The van der Waals surface area contributed by atoms with Gasteiger partial charge < -0.3 is 0 Å². The van der Waals surface area contributed by atoms with E-state index in [9.17, 15) is 0 Å². The SMILES string of the molecule is C[C](c1ccc(Cl)cc1)c1ccc(Cl)cc1Cl. The van der Waals surface area contributed by atoms with Crippen molar-refractivity contribution in [3.05, 3.63) is 74.6 Å². The topological polar surface area (TPSA) is 0 Å². The molecule has 0 saturated heterocycles. The van der Waals surface area contributed by atoms with E-state index in [4.69, 9.17) is 34.8 Å². The van der Waals surface area contributed by atoms with Crippen LogP contribution in [0.25, 0.3) is 0 Å². The zero-order chi connectivity index (χ0) is 12.4. The molecule has 0 amide bonds. The van der Waals surface area contributed by atoms with Crippen LogP contribution in [0.5, 0.6) is 0 Å². The van der Waals surface area contributed by atoms with Crippen molar-refractivity contribution < 1.29 is 0 Å². The van der Waals surface area contributed by atoms with Gasteiger partial charge in [0.1, 0.15) is 0 Å². The first-order valence-corrected chi connectivity index (χ1v) is 6.26. The molecule has 0 bridgehead atoms. The Bertz CT molecular complexity index is 517. The van der Waals surface area contributed by atoms with Crippen molar-refractivity contribution in [2.45, 2.75) is 6.92 Å². The molecule has 0 aliphatic rings. The van der Waals surface area contributed by atoms with Gasteiger partial charge in [0, 0.05) is 21.0 Å². The number of benzene rings is 2. The van der Waals surface area contributed by atoms with Gasteiger partial charge in [0.15, 0.2) is 0 Å². The van der Waals surface area contributed by atoms with E-state index in [1.807, 2.05) is 43.3 Å². The zero-order valence-corrected chi connectivity index (χ0v) is 11.4. The van der Waals surface area contributed by atoms with Gasteiger partial charge in [0.25, 0.3) is 0 Å². The largest absolute Gasteiger partial charge is 0.0843 e. The summed E-state index contributed by atoms with van der Waals surface area (Å²) in [6, 6.07) is 13.2. The molecule has 0 atom stereocenters. The van der Waals surface area contributed by atoms with Crippen LogP contribution in [0.3, 0.4) is 0 Å². The molecular formula is C14H10Cl3. The molecule has 2 rings (SSSR count). The van der Waals surface area contributed by atoms with Gasteiger partial charge in [-0.25, -0.2) is 0 Å². The minimum atomic E-state index is 0.641. The van der Waals surface area contributed by atoms with Crippen LogP contribution in [-0.4, -0.2) is 0 Å². The normalized spacial score (nSPS) is 10.9. The fraction of sp³-hybridized carbons (Fsp3) is 0.0714. The predicted molar refractivity (Wildman–Crippen MR) is 75.0 cm³/mol. The first-order valence-electron chi connectivity index (χ1n) is 5.13. The maximum absolute atomic E-state index is 6.17. The molecule has 0 N–H and O–H groups in total. The fourth-order valence-electron chi connectivity index (χ4n) is 1.65. The molecule has 0 heterocycles. The highest BCUT2D eigenvalue weighted by molar-refractivity contribution is 6.35. The van der Waals surface area contributed by atoms with Crippen LogP contribution < -0.4 is 0 Å².